The highest BCUT2D eigenvalue weighted by molar-refractivity contribution is 5.76. The first-order valence-electron chi connectivity index (χ1n) is 27.4. The molecule has 1 saturated heterocycles. The van der Waals surface area contributed by atoms with Crippen LogP contribution in [0.25, 0.3) is 0 Å². The quantitative estimate of drug-likeness (QED) is 0.0261. The van der Waals surface area contributed by atoms with Crippen LogP contribution in [-0.2, 0) is 14.3 Å². The molecule has 7 atom stereocenters. The topological polar surface area (TPSA) is 149 Å². The zero-order valence-corrected chi connectivity index (χ0v) is 41.4. The third kappa shape index (κ3) is 34.8. The van der Waals surface area contributed by atoms with Crippen molar-refractivity contribution >= 4 is 5.91 Å². The second kappa shape index (κ2) is 44.7. The summed E-state index contributed by atoms with van der Waals surface area (Å²) in [6.45, 7) is 3.78. The molecule has 1 amide bonds. The maximum atomic E-state index is 13.0. The maximum absolute atomic E-state index is 13.0. The van der Waals surface area contributed by atoms with E-state index >= 15 is 0 Å². The number of unbranched alkanes of at least 4 members (excludes halogenated alkanes) is 37. The summed E-state index contributed by atoms with van der Waals surface area (Å²) >= 11 is 0. The average molecular weight is 896 g/mol. The van der Waals surface area contributed by atoms with Gasteiger partial charge in [-0.1, -0.05) is 257 Å². The molecule has 1 heterocycles. The number of carbonyl (C=O) groups excluding carboxylic acids is 1. The smallest absolute Gasteiger partial charge is 0.220 e. The van der Waals surface area contributed by atoms with Crippen molar-refractivity contribution in [2.45, 2.75) is 314 Å². The standard InChI is InChI=1S/C54H105NO8/c1-3-5-7-9-11-13-15-16-17-18-19-20-21-22-23-24-25-26-27-28-29-30-31-32-33-34-36-38-40-42-44-50(58)55-47(46-62-54-53(61)52(60)51(59)49(45-56)63-54)48(57)43-41-39-37-35-14-12-10-8-6-4-2/h41,43,47-49,51-54,56-57,59-61H,3-40,42,44-46H2,1-2H3,(H,55,58)/b43-41+. The molecule has 9 nitrogen and oxygen atoms in total. The van der Waals surface area contributed by atoms with Gasteiger partial charge >= 0.3 is 0 Å². The summed E-state index contributed by atoms with van der Waals surface area (Å²) in [5.74, 6) is -0.173. The van der Waals surface area contributed by atoms with E-state index in [4.69, 9.17) is 9.47 Å². The molecular formula is C54H105NO8. The molecule has 0 aromatic carbocycles. The Balaban J connectivity index is 2.09. The van der Waals surface area contributed by atoms with E-state index in [1.807, 2.05) is 6.08 Å². The summed E-state index contributed by atoms with van der Waals surface area (Å²) in [6, 6.07) is -0.798. The zero-order valence-electron chi connectivity index (χ0n) is 41.4. The van der Waals surface area contributed by atoms with Crippen molar-refractivity contribution in [1.29, 1.82) is 0 Å². The number of allylic oxidation sites excluding steroid dienone is 1. The normalized spacial score (nSPS) is 20.1. The molecule has 1 aliphatic rings. The number of nitrogens with one attached hydrogen (secondary N) is 1. The first-order valence-corrected chi connectivity index (χ1v) is 27.4. The van der Waals surface area contributed by atoms with Crippen LogP contribution in [0.4, 0.5) is 0 Å². The summed E-state index contributed by atoms with van der Waals surface area (Å²) in [5.41, 5.74) is 0. The molecule has 0 aromatic rings. The van der Waals surface area contributed by atoms with Crippen molar-refractivity contribution in [3.8, 4) is 0 Å². The lowest BCUT2D eigenvalue weighted by Gasteiger charge is -2.40. The minimum absolute atomic E-state index is 0.173. The van der Waals surface area contributed by atoms with Crippen LogP contribution in [0.5, 0.6) is 0 Å². The number of hydrogen-bond donors (Lipinski definition) is 6. The van der Waals surface area contributed by atoms with Gasteiger partial charge in [-0.05, 0) is 19.3 Å². The van der Waals surface area contributed by atoms with Crippen LogP contribution >= 0.6 is 0 Å². The first kappa shape index (κ1) is 59.9. The van der Waals surface area contributed by atoms with E-state index in [9.17, 15) is 30.3 Å². The van der Waals surface area contributed by atoms with Crippen molar-refractivity contribution in [2.75, 3.05) is 13.2 Å². The number of ether oxygens (including phenoxy) is 2. The van der Waals surface area contributed by atoms with Gasteiger partial charge in [0.15, 0.2) is 6.29 Å². The summed E-state index contributed by atoms with van der Waals surface area (Å²) < 4.78 is 11.2. The fourth-order valence-electron chi connectivity index (χ4n) is 8.98. The SMILES string of the molecule is CCCCCCCCCC/C=C/C(O)C(COC1OC(CO)C(O)C(O)C1O)NC(=O)CCCCCCCCCCCCCCCCCCCCCCCCCCCCCCCC. The Hall–Kier alpha value is -1.07. The molecule has 0 aromatic heterocycles. The minimum atomic E-state index is -1.56. The van der Waals surface area contributed by atoms with Gasteiger partial charge in [0.1, 0.15) is 24.4 Å². The summed E-state index contributed by atoms with van der Waals surface area (Å²) in [5, 5.41) is 54.2. The molecule has 1 rings (SSSR count). The average Bonchev–Trinajstić information content (AvgIpc) is 3.28. The minimum Gasteiger partial charge on any atom is -0.394 e. The molecule has 374 valence electrons. The predicted molar refractivity (Wildman–Crippen MR) is 263 cm³/mol. The second-order valence-corrected chi connectivity index (χ2v) is 19.4. The third-order valence-electron chi connectivity index (χ3n) is 13.4. The van der Waals surface area contributed by atoms with Gasteiger partial charge in [-0.3, -0.25) is 4.79 Å². The van der Waals surface area contributed by atoms with Gasteiger partial charge in [0.25, 0.3) is 0 Å². The lowest BCUT2D eigenvalue weighted by molar-refractivity contribution is -0.302. The lowest BCUT2D eigenvalue weighted by Crippen LogP contribution is -2.60. The number of aliphatic hydroxyl groups is 5. The van der Waals surface area contributed by atoms with Crippen molar-refractivity contribution < 1.29 is 39.8 Å². The molecule has 1 aliphatic heterocycles. The van der Waals surface area contributed by atoms with Gasteiger partial charge in [-0.15, -0.1) is 0 Å². The van der Waals surface area contributed by atoms with E-state index in [1.54, 1.807) is 6.08 Å². The Labute approximate surface area is 388 Å². The fraction of sp³-hybridized carbons (Fsp3) is 0.944. The fourth-order valence-corrected chi connectivity index (χ4v) is 8.98. The monoisotopic (exact) mass is 896 g/mol. The van der Waals surface area contributed by atoms with Gasteiger partial charge in [-0.25, -0.2) is 0 Å². The van der Waals surface area contributed by atoms with E-state index in [-0.39, 0.29) is 12.5 Å². The number of aliphatic hydroxyl groups excluding tert-OH is 5. The molecule has 0 spiro atoms. The first-order chi connectivity index (χ1) is 30.8. The highest BCUT2D eigenvalue weighted by atomic mass is 16.7. The Bertz CT molecular complexity index is 997. The van der Waals surface area contributed by atoms with Gasteiger partial charge in [0.05, 0.1) is 25.4 Å². The molecule has 0 bridgehead atoms. The summed E-state index contributed by atoms with van der Waals surface area (Å²) in [7, 11) is 0. The summed E-state index contributed by atoms with van der Waals surface area (Å²) in [4.78, 5) is 13.0. The highest BCUT2D eigenvalue weighted by Crippen LogP contribution is 2.23. The number of hydrogen-bond acceptors (Lipinski definition) is 8. The Morgan fingerprint density at radius 2 is 0.873 bits per heavy atom. The van der Waals surface area contributed by atoms with Crippen molar-refractivity contribution in [3.05, 3.63) is 12.2 Å². The van der Waals surface area contributed by atoms with Crippen LogP contribution in [0.15, 0.2) is 12.2 Å². The molecule has 63 heavy (non-hydrogen) atoms. The highest BCUT2D eigenvalue weighted by Gasteiger charge is 2.44. The van der Waals surface area contributed by atoms with E-state index in [0.29, 0.717) is 6.42 Å². The molecule has 0 saturated carbocycles. The Kier molecular flexibility index (Phi) is 42.6. The maximum Gasteiger partial charge on any atom is 0.220 e. The van der Waals surface area contributed by atoms with Crippen LogP contribution in [0.3, 0.4) is 0 Å². The van der Waals surface area contributed by atoms with E-state index < -0.39 is 49.5 Å². The van der Waals surface area contributed by atoms with Crippen LogP contribution in [0, 0.1) is 0 Å². The van der Waals surface area contributed by atoms with Gasteiger partial charge in [0.2, 0.25) is 5.91 Å². The molecule has 7 unspecified atom stereocenters. The lowest BCUT2D eigenvalue weighted by atomic mass is 9.99. The van der Waals surface area contributed by atoms with E-state index in [2.05, 4.69) is 19.2 Å². The molecule has 0 radical (unpaired) electrons. The molecule has 0 aliphatic carbocycles. The van der Waals surface area contributed by atoms with Crippen molar-refractivity contribution in [2.24, 2.45) is 0 Å². The predicted octanol–water partition coefficient (Wildman–Crippen LogP) is 12.8. The van der Waals surface area contributed by atoms with Crippen LogP contribution < -0.4 is 5.32 Å². The van der Waals surface area contributed by atoms with Crippen molar-refractivity contribution in [1.82, 2.24) is 5.32 Å². The van der Waals surface area contributed by atoms with Gasteiger partial charge in [0, 0.05) is 6.42 Å². The summed E-state index contributed by atoms with van der Waals surface area (Å²) in [6.07, 6.45) is 47.3. The molecule has 6 N–H and O–H groups in total. The van der Waals surface area contributed by atoms with Crippen molar-refractivity contribution in [3.63, 3.8) is 0 Å². The number of rotatable bonds is 47. The number of carbonyl (C=O) groups is 1. The van der Waals surface area contributed by atoms with Crippen LogP contribution in [0.2, 0.25) is 0 Å². The number of amides is 1. The Morgan fingerprint density at radius 1 is 0.524 bits per heavy atom. The Morgan fingerprint density at radius 3 is 1.24 bits per heavy atom. The van der Waals surface area contributed by atoms with Gasteiger partial charge < -0.3 is 40.3 Å². The second-order valence-electron chi connectivity index (χ2n) is 19.4. The largest absolute Gasteiger partial charge is 0.394 e. The zero-order chi connectivity index (χ0) is 45.9. The third-order valence-corrected chi connectivity index (χ3v) is 13.4. The molecule has 1 fully saturated rings. The van der Waals surface area contributed by atoms with Crippen LogP contribution in [-0.4, -0.2) is 87.5 Å². The molecular weight excluding hydrogens is 791 g/mol. The van der Waals surface area contributed by atoms with Gasteiger partial charge in [-0.2, -0.15) is 0 Å². The van der Waals surface area contributed by atoms with E-state index in [0.717, 1.165) is 38.5 Å². The van der Waals surface area contributed by atoms with Crippen LogP contribution in [0.1, 0.15) is 271 Å². The molecule has 9 heteroatoms. The van der Waals surface area contributed by atoms with E-state index in [1.165, 1.54) is 212 Å².